The molecule has 0 spiro atoms. The first-order valence-electron chi connectivity index (χ1n) is 3.48. The third kappa shape index (κ3) is 2.79. The van der Waals surface area contributed by atoms with Crippen molar-refractivity contribution in [1.82, 2.24) is 0 Å². The van der Waals surface area contributed by atoms with E-state index in [0.717, 1.165) is 6.07 Å². The summed E-state index contributed by atoms with van der Waals surface area (Å²) in [5, 5.41) is 0. The summed E-state index contributed by atoms with van der Waals surface area (Å²) in [6.45, 7) is 3.42. The van der Waals surface area contributed by atoms with Crippen molar-refractivity contribution in [3.05, 3.63) is 48.1 Å². The van der Waals surface area contributed by atoms with Crippen LogP contribution >= 0.6 is 12.4 Å². The Morgan fingerprint density at radius 3 is 2.46 bits per heavy atom. The highest BCUT2D eigenvalue weighted by molar-refractivity contribution is 5.85. The largest absolute Gasteiger partial charge is 0.321 e. The van der Waals surface area contributed by atoms with Crippen LogP contribution in [0.2, 0.25) is 0 Å². The summed E-state index contributed by atoms with van der Waals surface area (Å²) in [6.07, 6.45) is 1.40. The molecular formula is C9H10ClF2N. The Kier molecular flexibility index (Phi) is 4.59. The van der Waals surface area contributed by atoms with E-state index < -0.39 is 17.7 Å². The number of halogens is 3. The molecule has 4 heteroatoms. The molecule has 0 heterocycles. The molecule has 1 atom stereocenters. The first kappa shape index (κ1) is 12.1. The van der Waals surface area contributed by atoms with Crippen molar-refractivity contribution >= 4 is 12.4 Å². The molecule has 0 saturated heterocycles. The lowest BCUT2D eigenvalue weighted by Crippen LogP contribution is -2.08. The van der Waals surface area contributed by atoms with E-state index >= 15 is 0 Å². The highest BCUT2D eigenvalue weighted by Gasteiger charge is 2.07. The van der Waals surface area contributed by atoms with Crippen LogP contribution in [0, 0.1) is 11.6 Å². The van der Waals surface area contributed by atoms with Crippen molar-refractivity contribution in [1.29, 1.82) is 0 Å². The van der Waals surface area contributed by atoms with Gasteiger partial charge in [0.05, 0.1) is 6.04 Å². The maximum absolute atomic E-state index is 12.9. The summed E-state index contributed by atoms with van der Waals surface area (Å²) < 4.78 is 25.3. The third-order valence-corrected chi connectivity index (χ3v) is 1.58. The zero-order valence-corrected chi connectivity index (χ0v) is 7.65. The predicted octanol–water partition coefficient (Wildman–Crippen LogP) is 2.57. The summed E-state index contributed by atoms with van der Waals surface area (Å²) in [5.74, 6) is -1.24. The molecule has 13 heavy (non-hydrogen) atoms. The molecule has 0 saturated carbocycles. The second-order valence-electron chi connectivity index (χ2n) is 2.43. The normalized spacial score (nSPS) is 11.6. The number of hydrogen-bond donors (Lipinski definition) is 1. The van der Waals surface area contributed by atoms with Gasteiger partial charge in [0, 0.05) is 11.6 Å². The van der Waals surface area contributed by atoms with E-state index in [4.69, 9.17) is 5.73 Å². The van der Waals surface area contributed by atoms with Crippen LogP contribution in [0.1, 0.15) is 11.6 Å². The molecule has 1 aromatic carbocycles. The van der Waals surface area contributed by atoms with Crippen LogP contribution in [-0.2, 0) is 0 Å². The minimum absolute atomic E-state index is 0. The second kappa shape index (κ2) is 4.94. The Bertz CT molecular complexity index is 302. The average Bonchev–Trinajstić information content (AvgIpc) is 2.03. The van der Waals surface area contributed by atoms with Crippen molar-refractivity contribution in [2.45, 2.75) is 6.04 Å². The van der Waals surface area contributed by atoms with Gasteiger partial charge < -0.3 is 5.73 Å². The van der Waals surface area contributed by atoms with Crippen molar-refractivity contribution in [2.24, 2.45) is 5.73 Å². The molecule has 0 amide bonds. The number of rotatable bonds is 2. The summed E-state index contributed by atoms with van der Waals surface area (Å²) in [4.78, 5) is 0. The SMILES string of the molecule is C=C[C@@H](N)c1ccc(F)cc1F.Cl. The Morgan fingerprint density at radius 1 is 1.38 bits per heavy atom. The highest BCUT2D eigenvalue weighted by Crippen LogP contribution is 2.16. The van der Waals surface area contributed by atoms with E-state index in [0.29, 0.717) is 0 Å². The summed E-state index contributed by atoms with van der Waals surface area (Å²) >= 11 is 0. The minimum Gasteiger partial charge on any atom is -0.321 e. The molecule has 2 N–H and O–H groups in total. The van der Waals surface area contributed by atoms with Gasteiger partial charge in [-0.1, -0.05) is 12.1 Å². The average molecular weight is 206 g/mol. The molecule has 0 bridgehead atoms. The van der Waals surface area contributed by atoms with E-state index in [9.17, 15) is 8.78 Å². The Balaban J connectivity index is 0.00000144. The summed E-state index contributed by atoms with van der Waals surface area (Å²) in [7, 11) is 0. The molecule has 1 rings (SSSR count). The van der Waals surface area contributed by atoms with Gasteiger partial charge in [0.25, 0.3) is 0 Å². The molecule has 0 radical (unpaired) electrons. The van der Waals surface area contributed by atoms with Gasteiger partial charge in [-0.15, -0.1) is 19.0 Å². The number of hydrogen-bond acceptors (Lipinski definition) is 1. The van der Waals surface area contributed by atoms with Gasteiger partial charge in [-0.2, -0.15) is 0 Å². The molecule has 0 aliphatic heterocycles. The molecule has 0 unspecified atom stereocenters. The third-order valence-electron chi connectivity index (χ3n) is 1.58. The fourth-order valence-corrected chi connectivity index (χ4v) is 0.899. The smallest absolute Gasteiger partial charge is 0.131 e. The lowest BCUT2D eigenvalue weighted by Gasteiger charge is -2.06. The van der Waals surface area contributed by atoms with E-state index in [-0.39, 0.29) is 18.0 Å². The topological polar surface area (TPSA) is 26.0 Å². The van der Waals surface area contributed by atoms with Gasteiger partial charge in [0.1, 0.15) is 11.6 Å². The molecular weight excluding hydrogens is 196 g/mol. The lowest BCUT2D eigenvalue weighted by atomic mass is 10.1. The van der Waals surface area contributed by atoms with Crippen LogP contribution in [0.25, 0.3) is 0 Å². The van der Waals surface area contributed by atoms with Gasteiger partial charge >= 0.3 is 0 Å². The molecule has 0 aromatic heterocycles. The van der Waals surface area contributed by atoms with Gasteiger partial charge in [0.2, 0.25) is 0 Å². The standard InChI is InChI=1S/C9H9F2N.ClH/c1-2-9(12)7-4-3-6(10)5-8(7)11;/h2-5,9H,1,12H2;1H/t9-;/m1./s1. The summed E-state index contributed by atoms with van der Waals surface area (Å²) in [6, 6.07) is 2.71. The lowest BCUT2D eigenvalue weighted by molar-refractivity contribution is 0.567. The maximum Gasteiger partial charge on any atom is 0.131 e. The van der Waals surface area contributed by atoms with Crippen molar-refractivity contribution in [3.8, 4) is 0 Å². The Labute approximate surface area is 81.7 Å². The fraction of sp³-hybridized carbons (Fsp3) is 0.111. The quantitative estimate of drug-likeness (QED) is 0.738. The molecule has 0 aliphatic carbocycles. The van der Waals surface area contributed by atoms with E-state index in [1.165, 1.54) is 18.2 Å². The predicted molar refractivity (Wildman–Crippen MR) is 50.7 cm³/mol. The Hall–Kier alpha value is -0.930. The second-order valence-corrected chi connectivity index (χ2v) is 2.43. The van der Waals surface area contributed by atoms with E-state index in [2.05, 4.69) is 6.58 Å². The van der Waals surface area contributed by atoms with E-state index in [1.807, 2.05) is 0 Å². The van der Waals surface area contributed by atoms with Crippen LogP contribution < -0.4 is 5.73 Å². The van der Waals surface area contributed by atoms with Crippen LogP contribution in [-0.4, -0.2) is 0 Å². The molecule has 1 nitrogen and oxygen atoms in total. The van der Waals surface area contributed by atoms with Gasteiger partial charge in [-0.05, 0) is 6.07 Å². The summed E-state index contributed by atoms with van der Waals surface area (Å²) in [5.41, 5.74) is 5.72. The van der Waals surface area contributed by atoms with Crippen molar-refractivity contribution in [3.63, 3.8) is 0 Å². The van der Waals surface area contributed by atoms with Crippen molar-refractivity contribution in [2.75, 3.05) is 0 Å². The molecule has 0 fully saturated rings. The van der Waals surface area contributed by atoms with Gasteiger partial charge in [-0.25, -0.2) is 8.78 Å². The zero-order chi connectivity index (χ0) is 9.14. The number of nitrogens with two attached hydrogens (primary N) is 1. The Morgan fingerprint density at radius 2 is 2.00 bits per heavy atom. The minimum atomic E-state index is -0.637. The zero-order valence-electron chi connectivity index (χ0n) is 6.84. The first-order chi connectivity index (χ1) is 5.65. The van der Waals surface area contributed by atoms with Crippen molar-refractivity contribution < 1.29 is 8.78 Å². The van der Waals surface area contributed by atoms with Crippen LogP contribution in [0.5, 0.6) is 0 Å². The maximum atomic E-state index is 12.9. The molecule has 1 aromatic rings. The van der Waals surface area contributed by atoms with Crippen LogP contribution in [0.3, 0.4) is 0 Å². The fourth-order valence-electron chi connectivity index (χ4n) is 0.899. The first-order valence-corrected chi connectivity index (χ1v) is 3.48. The number of benzene rings is 1. The monoisotopic (exact) mass is 205 g/mol. The van der Waals surface area contributed by atoms with Gasteiger partial charge in [-0.3, -0.25) is 0 Å². The molecule has 0 aliphatic rings. The van der Waals surface area contributed by atoms with Crippen LogP contribution in [0.4, 0.5) is 8.78 Å². The molecule has 72 valence electrons. The highest BCUT2D eigenvalue weighted by atomic mass is 35.5. The van der Waals surface area contributed by atoms with Crippen LogP contribution in [0.15, 0.2) is 30.9 Å². The van der Waals surface area contributed by atoms with E-state index in [1.54, 1.807) is 0 Å². The van der Waals surface area contributed by atoms with Gasteiger partial charge in [0.15, 0.2) is 0 Å².